The van der Waals surface area contributed by atoms with Crippen LogP contribution in [0.25, 0.3) is 6.08 Å². The van der Waals surface area contributed by atoms with Crippen LogP contribution >= 0.6 is 0 Å². The molecule has 0 bridgehead atoms. The predicted molar refractivity (Wildman–Crippen MR) is 75.5 cm³/mol. The lowest BCUT2D eigenvalue weighted by Gasteiger charge is -2.05. The molecule has 1 amide bonds. The van der Waals surface area contributed by atoms with Crippen LogP contribution in [0.4, 0.5) is 0 Å². The molecule has 2 aromatic heterocycles. The zero-order chi connectivity index (χ0) is 15.2. The topological polar surface area (TPSA) is 92.4 Å². The maximum Gasteiger partial charge on any atom is 0.328 e. The highest BCUT2D eigenvalue weighted by molar-refractivity contribution is 5.97. The first-order valence-electron chi connectivity index (χ1n) is 6.26. The summed E-state index contributed by atoms with van der Waals surface area (Å²) >= 11 is 0. The number of hydrogen-bond donors (Lipinski definition) is 2. The van der Waals surface area contributed by atoms with E-state index in [2.05, 4.69) is 10.3 Å². The maximum atomic E-state index is 12.1. The molecule has 0 fully saturated rings. The summed E-state index contributed by atoms with van der Waals surface area (Å²) in [4.78, 5) is 26.6. The molecule has 21 heavy (non-hydrogen) atoms. The van der Waals surface area contributed by atoms with Gasteiger partial charge < -0.3 is 14.8 Å². The van der Waals surface area contributed by atoms with Gasteiger partial charge >= 0.3 is 5.97 Å². The fourth-order valence-electron chi connectivity index (χ4n) is 1.73. The minimum atomic E-state index is -1.09. The third-order valence-electron chi connectivity index (χ3n) is 2.68. The Morgan fingerprint density at radius 3 is 2.86 bits per heavy atom. The number of nitrogens with zero attached hydrogens (tertiary/aromatic N) is 1. The number of nitrogens with one attached hydrogen (secondary N) is 1. The molecule has 2 rings (SSSR count). The Labute approximate surface area is 121 Å². The number of carbonyl (C=O) groups excluding carboxylic acids is 1. The van der Waals surface area contributed by atoms with E-state index in [9.17, 15) is 9.59 Å². The molecule has 0 aromatic carbocycles. The van der Waals surface area contributed by atoms with Crippen molar-refractivity contribution in [1.29, 1.82) is 0 Å². The summed E-state index contributed by atoms with van der Waals surface area (Å²) < 4.78 is 5.35. The van der Waals surface area contributed by atoms with Crippen LogP contribution in [0.1, 0.15) is 27.6 Å². The van der Waals surface area contributed by atoms with Gasteiger partial charge in [0, 0.05) is 17.8 Å². The van der Waals surface area contributed by atoms with Gasteiger partial charge in [-0.2, -0.15) is 0 Å². The quantitative estimate of drug-likeness (QED) is 0.820. The van der Waals surface area contributed by atoms with Crippen molar-refractivity contribution in [1.82, 2.24) is 10.3 Å². The van der Waals surface area contributed by atoms with E-state index in [1.54, 1.807) is 18.2 Å². The van der Waals surface area contributed by atoms with Gasteiger partial charge in [0.1, 0.15) is 17.2 Å². The Bertz CT molecular complexity index is 688. The third kappa shape index (κ3) is 4.04. The Hall–Kier alpha value is -2.89. The number of hydrogen-bond acceptors (Lipinski definition) is 4. The molecule has 0 saturated heterocycles. The first-order valence-corrected chi connectivity index (χ1v) is 6.26. The molecule has 0 aliphatic heterocycles. The van der Waals surface area contributed by atoms with E-state index < -0.39 is 11.9 Å². The van der Waals surface area contributed by atoms with Gasteiger partial charge in [-0.15, -0.1) is 0 Å². The lowest BCUT2D eigenvalue weighted by molar-refractivity contribution is -0.131. The minimum absolute atomic E-state index is 0.165. The van der Waals surface area contributed by atoms with Crippen LogP contribution in [-0.2, 0) is 11.3 Å². The van der Waals surface area contributed by atoms with Gasteiger partial charge in [-0.3, -0.25) is 9.78 Å². The number of rotatable bonds is 5. The number of aliphatic carboxylic acids is 1. The molecule has 0 spiro atoms. The fraction of sp³-hybridized carbons (Fsp3) is 0.133. The Morgan fingerprint density at radius 1 is 1.38 bits per heavy atom. The van der Waals surface area contributed by atoms with E-state index in [0.29, 0.717) is 11.3 Å². The molecule has 6 heteroatoms. The molecule has 0 saturated carbocycles. The molecular weight excluding hydrogens is 272 g/mol. The van der Waals surface area contributed by atoms with Gasteiger partial charge in [0.15, 0.2) is 0 Å². The SMILES string of the molecule is Cc1ccc(CNC(=O)c2ncccc2/C=C/C(=O)O)o1. The van der Waals surface area contributed by atoms with Crippen LogP contribution in [0.3, 0.4) is 0 Å². The molecule has 2 heterocycles. The van der Waals surface area contributed by atoms with Crippen LogP contribution < -0.4 is 5.32 Å². The minimum Gasteiger partial charge on any atom is -0.478 e. The van der Waals surface area contributed by atoms with E-state index in [1.165, 1.54) is 12.3 Å². The van der Waals surface area contributed by atoms with Crippen molar-refractivity contribution >= 4 is 18.0 Å². The second-order valence-electron chi connectivity index (χ2n) is 4.31. The average Bonchev–Trinajstić information content (AvgIpc) is 2.88. The van der Waals surface area contributed by atoms with E-state index in [4.69, 9.17) is 9.52 Å². The molecule has 0 atom stereocenters. The molecule has 2 aromatic rings. The molecule has 2 N–H and O–H groups in total. The van der Waals surface area contributed by atoms with Gasteiger partial charge in [0.2, 0.25) is 0 Å². The van der Waals surface area contributed by atoms with Crippen LogP contribution in [0.15, 0.2) is 41.0 Å². The van der Waals surface area contributed by atoms with Crippen LogP contribution in [-0.4, -0.2) is 22.0 Å². The first-order chi connectivity index (χ1) is 10.1. The average molecular weight is 286 g/mol. The predicted octanol–water partition coefficient (Wildman–Crippen LogP) is 2.01. The van der Waals surface area contributed by atoms with Crippen molar-refractivity contribution in [3.8, 4) is 0 Å². The number of carboxylic acid groups (broad SMARTS) is 1. The third-order valence-corrected chi connectivity index (χ3v) is 2.68. The zero-order valence-corrected chi connectivity index (χ0v) is 11.4. The van der Waals surface area contributed by atoms with Crippen LogP contribution in [0.2, 0.25) is 0 Å². The number of aromatic nitrogens is 1. The summed E-state index contributed by atoms with van der Waals surface area (Å²) in [5.74, 6) is -0.0764. The Morgan fingerprint density at radius 2 is 2.19 bits per heavy atom. The van der Waals surface area contributed by atoms with Crippen molar-refractivity contribution in [2.24, 2.45) is 0 Å². The molecule has 0 radical (unpaired) electrons. The number of carbonyl (C=O) groups is 2. The smallest absolute Gasteiger partial charge is 0.328 e. The van der Waals surface area contributed by atoms with Gasteiger partial charge in [0.25, 0.3) is 5.91 Å². The van der Waals surface area contributed by atoms with E-state index >= 15 is 0 Å². The summed E-state index contributed by atoms with van der Waals surface area (Å²) in [5.41, 5.74) is 0.603. The maximum absolute atomic E-state index is 12.1. The van der Waals surface area contributed by atoms with Crippen LogP contribution in [0, 0.1) is 6.92 Å². The normalized spacial score (nSPS) is 10.7. The molecular formula is C15H14N2O4. The number of amides is 1. The molecule has 0 unspecified atom stereocenters. The number of pyridine rings is 1. The van der Waals surface area contributed by atoms with Gasteiger partial charge in [-0.05, 0) is 31.2 Å². The van der Waals surface area contributed by atoms with E-state index in [-0.39, 0.29) is 12.2 Å². The lowest BCUT2D eigenvalue weighted by Crippen LogP contribution is -2.24. The molecule has 108 valence electrons. The van der Waals surface area contributed by atoms with Crippen molar-refractivity contribution in [3.05, 3.63) is 59.3 Å². The van der Waals surface area contributed by atoms with Gasteiger partial charge in [-0.25, -0.2) is 4.79 Å². The second-order valence-corrected chi connectivity index (χ2v) is 4.31. The van der Waals surface area contributed by atoms with Crippen molar-refractivity contribution in [3.63, 3.8) is 0 Å². The Kier molecular flexibility index (Phi) is 4.50. The van der Waals surface area contributed by atoms with Crippen molar-refractivity contribution < 1.29 is 19.1 Å². The zero-order valence-electron chi connectivity index (χ0n) is 11.4. The highest BCUT2D eigenvalue weighted by atomic mass is 16.4. The molecule has 0 aliphatic rings. The molecule has 6 nitrogen and oxygen atoms in total. The van der Waals surface area contributed by atoms with Gasteiger partial charge in [0.05, 0.1) is 6.54 Å². The summed E-state index contributed by atoms with van der Waals surface area (Å²) in [7, 11) is 0. The fourth-order valence-corrected chi connectivity index (χ4v) is 1.73. The standard InChI is InChI=1S/C15H14N2O4/c1-10-4-6-12(21-10)9-17-15(20)14-11(3-2-8-16-14)5-7-13(18)19/h2-8H,9H2,1H3,(H,17,20)(H,18,19)/b7-5+. The van der Waals surface area contributed by atoms with Gasteiger partial charge in [-0.1, -0.05) is 6.07 Å². The van der Waals surface area contributed by atoms with Crippen molar-refractivity contribution in [2.45, 2.75) is 13.5 Å². The van der Waals surface area contributed by atoms with Crippen LogP contribution in [0.5, 0.6) is 0 Å². The van der Waals surface area contributed by atoms with E-state index in [1.807, 2.05) is 13.0 Å². The number of furan rings is 1. The first kappa shape index (κ1) is 14.5. The van der Waals surface area contributed by atoms with E-state index in [0.717, 1.165) is 11.8 Å². The summed E-state index contributed by atoms with van der Waals surface area (Å²) in [6.07, 6.45) is 3.77. The van der Waals surface area contributed by atoms with Crippen molar-refractivity contribution in [2.75, 3.05) is 0 Å². The summed E-state index contributed by atoms with van der Waals surface area (Å²) in [6.45, 7) is 2.06. The molecule has 0 aliphatic carbocycles. The Balaban J connectivity index is 2.10. The largest absolute Gasteiger partial charge is 0.478 e. The second kappa shape index (κ2) is 6.51. The highest BCUT2D eigenvalue weighted by Crippen LogP contribution is 2.09. The summed E-state index contributed by atoms with van der Waals surface area (Å²) in [5, 5.41) is 11.3. The summed E-state index contributed by atoms with van der Waals surface area (Å²) in [6, 6.07) is 6.84. The number of carboxylic acids is 1. The monoisotopic (exact) mass is 286 g/mol. The highest BCUT2D eigenvalue weighted by Gasteiger charge is 2.11. The lowest BCUT2D eigenvalue weighted by atomic mass is 10.1. The number of aryl methyl sites for hydroxylation is 1.